The summed E-state index contributed by atoms with van der Waals surface area (Å²) < 4.78 is 0.541. The van der Waals surface area contributed by atoms with Crippen molar-refractivity contribution in [2.75, 3.05) is 5.75 Å². The molecule has 86 valence electrons. The van der Waals surface area contributed by atoms with Gasteiger partial charge in [0.15, 0.2) is 5.78 Å². The van der Waals surface area contributed by atoms with Crippen molar-refractivity contribution < 1.29 is 4.79 Å². The Morgan fingerprint density at radius 1 is 1.56 bits per heavy atom. The summed E-state index contributed by atoms with van der Waals surface area (Å²) in [7, 11) is 0. The molecule has 1 aliphatic rings. The van der Waals surface area contributed by atoms with Crippen molar-refractivity contribution >= 4 is 45.1 Å². The van der Waals surface area contributed by atoms with Gasteiger partial charge in [0.1, 0.15) is 0 Å². The minimum atomic E-state index is -0.243. The Kier molecular flexibility index (Phi) is 3.67. The Hall–Kier alpha value is 0.01000. The molecule has 16 heavy (non-hydrogen) atoms. The van der Waals surface area contributed by atoms with Crippen LogP contribution in [0.15, 0.2) is 22.7 Å². The van der Waals surface area contributed by atoms with Gasteiger partial charge in [-0.05, 0) is 59.6 Å². The number of carbonyl (C=O) groups excluding carboxylic acids is 1. The van der Waals surface area contributed by atoms with Gasteiger partial charge < -0.3 is 0 Å². The molecule has 0 spiro atoms. The Morgan fingerprint density at radius 3 is 2.88 bits per heavy atom. The van der Waals surface area contributed by atoms with Gasteiger partial charge in [-0.25, -0.2) is 0 Å². The summed E-state index contributed by atoms with van der Waals surface area (Å²) in [5.41, 5.74) is 0.744. The molecule has 0 aromatic heterocycles. The maximum Gasteiger partial charge on any atom is 0.178 e. The fourth-order valence-electron chi connectivity index (χ4n) is 1.90. The third kappa shape index (κ3) is 2.31. The van der Waals surface area contributed by atoms with Crippen molar-refractivity contribution in [3.63, 3.8) is 0 Å². The molecule has 2 rings (SSSR count). The number of hydrogen-bond acceptors (Lipinski definition) is 2. The third-order valence-electron chi connectivity index (χ3n) is 2.88. The predicted molar refractivity (Wildman–Crippen MR) is 73.6 cm³/mol. The maximum atomic E-state index is 12.3. The topological polar surface area (TPSA) is 17.1 Å². The van der Waals surface area contributed by atoms with E-state index in [1.165, 1.54) is 0 Å². The van der Waals surface area contributed by atoms with Gasteiger partial charge >= 0.3 is 0 Å². The van der Waals surface area contributed by atoms with E-state index in [1.54, 1.807) is 23.9 Å². The highest BCUT2D eigenvalue weighted by molar-refractivity contribution is 9.10. The molecule has 1 aromatic rings. The zero-order chi connectivity index (χ0) is 11.8. The van der Waals surface area contributed by atoms with Crippen LogP contribution < -0.4 is 0 Å². The lowest BCUT2D eigenvalue weighted by Crippen LogP contribution is -2.28. The first-order chi connectivity index (χ1) is 7.53. The molecular formula is C12H12BrClOS. The second kappa shape index (κ2) is 4.71. The molecule has 1 fully saturated rings. The van der Waals surface area contributed by atoms with Gasteiger partial charge in [0, 0.05) is 10.0 Å². The molecule has 4 heteroatoms. The first kappa shape index (κ1) is 12.5. The Bertz CT molecular complexity index is 427. The number of carbonyl (C=O) groups is 1. The second-order valence-corrected chi connectivity index (χ2v) is 7.00. The van der Waals surface area contributed by atoms with Crippen molar-refractivity contribution in [3.05, 3.63) is 33.3 Å². The van der Waals surface area contributed by atoms with Gasteiger partial charge in [0.2, 0.25) is 0 Å². The molecule has 1 aliphatic heterocycles. The van der Waals surface area contributed by atoms with Crippen LogP contribution in [0.5, 0.6) is 0 Å². The SMILES string of the molecule is CC1(C(=O)c2ccc(Cl)c(Br)c2)CCCS1. The van der Waals surface area contributed by atoms with Gasteiger partial charge in [-0.3, -0.25) is 4.79 Å². The highest BCUT2D eigenvalue weighted by atomic mass is 79.9. The molecule has 1 nitrogen and oxygen atoms in total. The summed E-state index contributed by atoms with van der Waals surface area (Å²) in [6.07, 6.45) is 2.10. The summed E-state index contributed by atoms with van der Waals surface area (Å²) in [5, 5.41) is 0.640. The Labute approximate surface area is 113 Å². The van der Waals surface area contributed by atoms with Crippen LogP contribution in [-0.2, 0) is 0 Å². The number of hydrogen-bond donors (Lipinski definition) is 0. The van der Waals surface area contributed by atoms with Crippen molar-refractivity contribution in [2.45, 2.75) is 24.5 Å². The quantitative estimate of drug-likeness (QED) is 0.743. The van der Waals surface area contributed by atoms with E-state index in [0.29, 0.717) is 5.02 Å². The molecule has 1 heterocycles. The molecule has 0 aliphatic carbocycles. The van der Waals surface area contributed by atoms with Crippen molar-refractivity contribution in [1.82, 2.24) is 0 Å². The van der Waals surface area contributed by atoms with Gasteiger partial charge in [-0.1, -0.05) is 11.6 Å². The van der Waals surface area contributed by atoms with Crippen molar-refractivity contribution in [1.29, 1.82) is 0 Å². The fourth-order valence-corrected chi connectivity index (χ4v) is 3.67. The first-order valence-corrected chi connectivity index (χ1v) is 7.32. The highest BCUT2D eigenvalue weighted by Gasteiger charge is 2.37. The van der Waals surface area contributed by atoms with Crippen LogP contribution in [0.25, 0.3) is 0 Å². The molecule has 0 amide bonds. The van der Waals surface area contributed by atoms with E-state index in [4.69, 9.17) is 11.6 Å². The summed E-state index contributed by atoms with van der Waals surface area (Å²) >= 11 is 11.0. The molecule has 1 unspecified atom stereocenters. The normalized spacial score (nSPS) is 24.7. The average molecular weight is 320 g/mol. The summed E-state index contributed by atoms with van der Waals surface area (Å²) in [4.78, 5) is 12.3. The Morgan fingerprint density at radius 2 is 2.31 bits per heavy atom. The number of thioether (sulfide) groups is 1. The zero-order valence-electron chi connectivity index (χ0n) is 8.93. The standard InChI is InChI=1S/C12H12BrClOS/c1-12(5-2-6-16-12)11(15)8-3-4-10(14)9(13)7-8/h3-4,7H,2,5-6H2,1H3. The number of ketones is 1. The lowest BCUT2D eigenvalue weighted by atomic mass is 9.95. The molecule has 1 saturated heterocycles. The largest absolute Gasteiger partial charge is 0.293 e. The van der Waals surface area contributed by atoms with Crippen LogP contribution in [0.2, 0.25) is 5.02 Å². The lowest BCUT2D eigenvalue weighted by molar-refractivity contribution is 0.0949. The number of rotatable bonds is 2. The van der Waals surface area contributed by atoms with Gasteiger partial charge in [0.05, 0.1) is 9.77 Å². The van der Waals surface area contributed by atoms with Crippen molar-refractivity contribution in [2.24, 2.45) is 0 Å². The lowest BCUT2D eigenvalue weighted by Gasteiger charge is -2.21. The summed E-state index contributed by atoms with van der Waals surface area (Å²) in [5.74, 6) is 1.30. The van der Waals surface area contributed by atoms with E-state index in [2.05, 4.69) is 15.9 Å². The zero-order valence-corrected chi connectivity index (χ0v) is 12.1. The average Bonchev–Trinajstić information content (AvgIpc) is 2.70. The third-order valence-corrected chi connectivity index (χ3v) is 5.61. The highest BCUT2D eigenvalue weighted by Crippen LogP contribution is 2.40. The van der Waals surface area contributed by atoms with Crippen LogP contribution in [0.4, 0.5) is 0 Å². The van der Waals surface area contributed by atoms with Crippen molar-refractivity contribution in [3.8, 4) is 0 Å². The van der Waals surface area contributed by atoms with Crippen LogP contribution in [0, 0.1) is 0 Å². The molecule has 1 atom stereocenters. The monoisotopic (exact) mass is 318 g/mol. The van der Waals surface area contributed by atoms with Gasteiger partial charge in [0.25, 0.3) is 0 Å². The minimum Gasteiger partial charge on any atom is -0.293 e. The number of halogens is 2. The van der Waals surface area contributed by atoms with Crippen LogP contribution in [-0.4, -0.2) is 16.3 Å². The molecule has 0 bridgehead atoms. The van der Waals surface area contributed by atoms with E-state index < -0.39 is 0 Å². The predicted octanol–water partition coefficient (Wildman–Crippen LogP) is 4.57. The molecule has 0 saturated carbocycles. The van der Waals surface area contributed by atoms with Crippen LogP contribution in [0.1, 0.15) is 30.1 Å². The van der Waals surface area contributed by atoms with E-state index >= 15 is 0 Å². The van der Waals surface area contributed by atoms with Crippen LogP contribution in [0.3, 0.4) is 0 Å². The number of Topliss-reactive ketones (excluding diaryl/α,β-unsaturated/α-hetero) is 1. The molecular weight excluding hydrogens is 308 g/mol. The summed E-state index contributed by atoms with van der Waals surface area (Å²) in [6.45, 7) is 2.04. The van der Waals surface area contributed by atoms with E-state index in [0.717, 1.165) is 28.6 Å². The smallest absolute Gasteiger partial charge is 0.178 e. The van der Waals surface area contributed by atoms with E-state index in [1.807, 2.05) is 13.0 Å². The van der Waals surface area contributed by atoms with Gasteiger partial charge in [-0.2, -0.15) is 0 Å². The maximum absolute atomic E-state index is 12.3. The first-order valence-electron chi connectivity index (χ1n) is 5.17. The van der Waals surface area contributed by atoms with E-state index in [9.17, 15) is 4.79 Å². The second-order valence-electron chi connectivity index (χ2n) is 4.14. The molecule has 1 aromatic carbocycles. The minimum absolute atomic E-state index is 0.215. The Balaban J connectivity index is 2.30. The fraction of sp³-hybridized carbons (Fsp3) is 0.417. The molecule has 0 N–H and O–H groups in total. The van der Waals surface area contributed by atoms with E-state index in [-0.39, 0.29) is 10.5 Å². The number of benzene rings is 1. The van der Waals surface area contributed by atoms with Crippen LogP contribution >= 0.6 is 39.3 Å². The summed E-state index contributed by atoms with van der Waals surface area (Å²) in [6, 6.07) is 5.39. The van der Waals surface area contributed by atoms with Gasteiger partial charge in [-0.15, -0.1) is 11.8 Å². The molecule has 0 radical (unpaired) electrons.